The molecule has 26 heavy (non-hydrogen) atoms. The van der Waals surface area contributed by atoms with E-state index >= 15 is 0 Å². The fraction of sp³-hybridized carbons (Fsp3) is 0.650. The summed E-state index contributed by atoms with van der Waals surface area (Å²) < 4.78 is 0. The lowest BCUT2D eigenvalue weighted by molar-refractivity contribution is 0.0797. The number of hydrogen-bond donors (Lipinski definition) is 0. The maximum Gasteiger partial charge on any atom is 0.264 e. The summed E-state index contributed by atoms with van der Waals surface area (Å²) in [6.07, 6.45) is 10.1. The maximum atomic E-state index is 12.9. The summed E-state index contributed by atoms with van der Waals surface area (Å²) in [7, 11) is 1.90. The fourth-order valence-electron chi connectivity index (χ4n) is 3.63. The quantitative estimate of drug-likeness (QED) is 0.765. The summed E-state index contributed by atoms with van der Waals surface area (Å²) >= 11 is 1.51. The molecule has 0 atom stereocenters. The van der Waals surface area contributed by atoms with Crippen LogP contribution in [0.15, 0.2) is 6.33 Å². The third-order valence-corrected chi connectivity index (χ3v) is 6.44. The largest absolute Gasteiger partial charge is 0.356 e. The van der Waals surface area contributed by atoms with Gasteiger partial charge in [0.1, 0.15) is 17.0 Å². The molecule has 142 valence electrons. The van der Waals surface area contributed by atoms with Gasteiger partial charge in [0, 0.05) is 26.7 Å². The van der Waals surface area contributed by atoms with Gasteiger partial charge >= 0.3 is 0 Å². The van der Waals surface area contributed by atoms with Crippen molar-refractivity contribution >= 4 is 33.3 Å². The molecule has 0 N–H and O–H groups in total. The number of fused-ring (bicyclic) bond motifs is 1. The number of carbonyl (C=O) groups excluding carboxylic acids is 1. The van der Waals surface area contributed by atoms with Crippen LogP contribution in [0.4, 0.5) is 5.82 Å². The van der Waals surface area contributed by atoms with Crippen LogP contribution in [-0.2, 0) is 0 Å². The standard InChI is InChI=1S/C20H30N4OS/c1-4-5-11-23(3)20(25)17-15(2)16-18(21-14-22-19(16)26-17)24-12-9-7-6-8-10-13-24/h14H,4-13H2,1-3H3. The fourth-order valence-corrected chi connectivity index (χ4v) is 4.76. The maximum absolute atomic E-state index is 12.9. The summed E-state index contributed by atoms with van der Waals surface area (Å²) in [5.74, 6) is 1.12. The average Bonchev–Trinajstić information content (AvgIpc) is 2.96. The van der Waals surface area contributed by atoms with Crippen LogP contribution in [0.1, 0.15) is 67.1 Å². The first kappa shape index (κ1) is 19.1. The van der Waals surface area contributed by atoms with Crippen molar-refractivity contribution in [2.45, 2.75) is 58.8 Å². The molecule has 2 aromatic heterocycles. The number of carbonyl (C=O) groups is 1. The summed E-state index contributed by atoms with van der Waals surface area (Å²) in [4.78, 5) is 28.0. The first-order valence-corrected chi connectivity index (χ1v) is 10.7. The number of hydrogen-bond acceptors (Lipinski definition) is 5. The molecular weight excluding hydrogens is 344 g/mol. The Kier molecular flexibility index (Phi) is 6.46. The molecule has 1 amide bonds. The molecule has 3 heterocycles. The molecule has 1 fully saturated rings. The monoisotopic (exact) mass is 374 g/mol. The van der Waals surface area contributed by atoms with Gasteiger partial charge in [0.05, 0.1) is 10.3 Å². The lowest BCUT2D eigenvalue weighted by atomic mass is 10.1. The molecule has 1 aliphatic rings. The Balaban J connectivity index is 1.94. The number of aromatic nitrogens is 2. The van der Waals surface area contributed by atoms with Crippen molar-refractivity contribution in [2.75, 3.05) is 31.6 Å². The lowest BCUT2D eigenvalue weighted by Gasteiger charge is -2.26. The Labute approximate surface area is 160 Å². The van der Waals surface area contributed by atoms with E-state index in [1.807, 2.05) is 11.9 Å². The second-order valence-corrected chi connectivity index (χ2v) is 8.27. The first-order chi connectivity index (χ1) is 12.6. The minimum Gasteiger partial charge on any atom is -0.356 e. The molecule has 2 aromatic rings. The lowest BCUT2D eigenvalue weighted by Crippen LogP contribution is -2.28. The second kappa shape index (κ2) is 8.80. The minimum absolute atomic E-state index is 0.109. The van der Waals surface area contributed by atoms with Crippen LogP contribution in [-0.4, -0.2) is 47.5 Å². The van der Waals surface area contributed by atoms with E-state index < -0.39 is 0 Å². The molecule has 1 saturated heterocycles. The highest BCUT2D eigenvalue weighted by molar-refractivity contribution is 7.20. The predicted molar refractivity (Wildman–Crippen MR) is 109 cm³/mol. The summed E-state index contributed by atoms with van der Waals surface area (Å²) in [6.45, 7) is 7.08. The Bertz CT molecular complexity index is 750. The molecule has 0 aliphatic carbocycles. The molecule has 5 nitrogen and oxygen atoms in total. The SMILES string of the molecule is CCCCN(C)C(=O)c1sc2ncnc(N3CCCCCCC3)c2c1C. The zero-order chi connectivity index (χ0) is 18.5. The highest BCUT2D eigenvalue weighted by Crippen LogP contribution is 2.36. The van der Waals surface area contributed by atoms with Crippen LogP contribution in [0.25, 0.3) is 10.2 Å². The number of aryl methyl sites for hydroxylation is 1. The zero-order valence-electron chi connectivity index (χ0n) is 16.3. The van der Waals surface area contributed by atoms with Gasteiger partial charge in [0.2, 0.25) is 0 Å². The molecule has 0 unspecified atom stereocenters. The van der Waals surface area contributed by atoms with E-state index in [1.54, 1.807) is 6.33 Å². The van der Waals surface area contributed by atoms with Crippen LogP contribution < -0.4 is 4.90 Å². The van der Waals surface area contributed by atoms with E-state index in [4.69, 9.17) is 0 Å². The van der Waals surface area contributed by atoms with E-state index in [9.17, 15) is 4.79 Å². The minimum atomic E-state index is 0.109. The van der Waals surface area contributed by atoms with Crippen LogP contribution in [0.5, 0.6) is 0 Å². The molecule has 0 saturated carbocycles. The second-order valence-electron chi connectivity index (χ2n) is 7.27. The smallest absolute Gasteiger partial charge is 0.264 e. The first-order valence-electron chi connectivity index (χ1n) is 9.88. The number of amides is 1. The third kappa shape index (κ3) is 4.00. The summed E-state index contributed by atoms with van der Waals surface area (Å²) in [5, 5.41) is 1.07. The van der Waals surface area contributed by atoms with Crippen molar-refractivity contribution in [1.82, 2.24) is 14.9 Å². The summed E-state index contributed by atoms with van der Waals surface area (Å²) in [6, 6.07) is 0. The van der Waals surface area contributed by atoms with Gasteiger partial charge in [-0.3, -0.25) is 4.79 Å². The summed E-state index contributed by atoms with van der Waals surface area (Å²) in [5.41, 5.74) is 1.04. The van der Waals surface area contributed by atoms with E-state index in [0.717, 1.165) is 59.0 Å². The van der Waals surface area contributed by atoms with E-state index in [1.165, 1.54) is 43.4 Å². The zero-order valence-corrected chi connectivity index (χ0v) is 17.1. The molecule has 6 heteroatoms. The predicted octanol–water partition coefficient (Wildman–Crippen LogP) is 4.64. The van der Waals surface area contributed by atoms with Crippen molar-refractivity contribution in [3.05, 3.63) is 16.8 Å². The molecule has 0 spiro atoms. The van der Waals surface area contributed by atoms with Gasteiger partial charge in [-0.2, -0.15) is 0 Å². The Morgan fingerprint density at radius 1 is 1.19 bits per heavy atom. The van der Waals surface area contributed by atoms with Gasteiger partial charge in [-0.1, -0.05) is 32.6 Å². The number of thiophene rings is 1. The van der Waals surface area contributed by atoms with Crippen LogP contribution in [0.2, 0.25) is 0 Å². The van der Waals surface area contributed by atoms with Crippen LogP contribution >= 0.6 is 11.3 Å². The number of nitrogens with zero attached hydrogens (tertiary/aromatic N) is 4. The highest BCUT2D eigenvalue weighted by Gasteiger charge is 2.23. The van der Waals surface area contributed by atoms with Crippen molar-refractivity contribution in [2.24, 2.45) is 0 Å². The average molecular weight is 375 g/mol. The Hall–Kier alpha value is -1.69. The van der Waals surface area contributed by atoms with Gasteiger partial charge < -0.3 is 9.80 Å². The highest BCUT2D eigenvalue weighted by atomic mass is 32.1. The molecular formula is C20H30N4OS. The molecule has 0 bridgehead atoms. The van der Waals surface area contributed by atoms with Crippen molar-refractivity contribution < 1.29 is 4.79 Å². The van der Waals surface area contributed by atoms with Gasteiger partial charge in [-0.05, 0) is 31.7 Å². The van der Waals surface area contributed by atoms with Crippen molar-refractivity contribution in [3.63, 3.8) is 0 Å². The van der Waals surface area contributed by atoms with Gasteiger partial charge in [0.15, 0.2) is 0 Å². The van der Waals surface area contributed by atoms with Gasteiger partial charge in [-0.15, -0.1) is 11.3 Å². The molecule has 0 radical (unpaired) electrons. The topological polar surface area (TPSA) is 49.3 Å². The van der Waals surface area contributed by atoms with E-state index in [2.05, 4.69) is 28.7 Å². The molecule has 1 aliphatic heterocycles. The Morgan fingerprint density at radius 3 is 2.58 bits per heavy atom. The van der Waals surface area contributed by atoms with Crippen molar-refractivity contribution in [1.29, 1.82) is 0 Å². The Morgan fingerprint density at radius 2 is 1.88 bits per heavy atom. The van der Waals surface area contributed by atoms with Crippen molar-refractivity contribution in [3.8, 4) is 0 Å². The molecule has 0 aromatic carbocycles. The van der Waals surface area contributed by atoms with E-state index in [-0.39, 0.29) is 5.91 Å². The van der Waals surface area contributed by atoms with Crippen LogP contribution in [0.3, 0.4) is 0 Å². The number of rotatable bonds is 5. The van der Waals surface area contributed by atoms with Gasteiger partial charge in [-0.25, -0.2) is 9.97 Å². The molecule has 3 rings (SSSR count). The number of unbranched alkanes of at least 4 members (excludes halogenated alkanes) is 1. The number of anilines is 1. The third-order valence-electron chi connectivity index (χ3n) is 5.25. The van der Waals surface area contributed by atoms with Gasteiger partial charge in [0.25, 0.3) is 5.91 Å². The normalized spacial score (nSPS) is 15.7. The van der Waals surface area contributed by atoms with E-state index in [0.29, 0.717) is 0 Å². The van der Waals surface area contributed by atoms with Crippen LogP contribution in [0, 0.1) is 6.92 Å².